The number of carboxylic acid groups (broad SMARTS) is 1. The summed E-state index contributed by atoms with van der Waals surface area (Å²) < 4.78 is 2.25. The van der Waals surface area contributed by atoms with E-state index in [2.05, 4.69) is 11.5 Å². The van der Waals surface area contributed by atoms with Gasteiger partial charge in [0.05, 0.1) is 5.56 Å². The van der Waals surface area contributed by atoms with E-state index in [0.717, 1.165) is 17.8 Å². The van der Waals surface area contributed by atoms with E-state index in [9.17, 15) is 4.79 Å². The number of carboxylic acids is 1. The van der Waals surface area contributed by atoms with Gasteiger partial charge in [0.2, 0.25) is 0 Å². The zero-order chi connectivity index (χ0) is 11.9. The number of hydrogen-bond donors (Lipinski definition) is 1. The highest BCUT2D eigenvalue weighted by atomic mass is 16.4. The number of nitrogens with zero attached hydrogens (tertiary/aromatic N) is 1. The number of aryl methyl sites for hydroxylation is 1. The van der Waals surface area contributed by atoms with Gasteiger partial charge in [-0.05, 0) is 45.6 Å². The minimum Gasteiger partial charge on any atom is -0.478 e. The van der Waals surface area contributed by atoms with Gasteiger partial charge in [-0.3, -0.25) is 0 Å². The molecule has 0 aliphatic heterocycles. The van der Waals surface area contributed by atoms with Crippen LogP contribution in [-0.4, -0.2) is 15.6 Å². The Balaban J connectivity index is 2.52. The van der Waals surface area contributed by atoms with Gasteiger partial charge in [-0.1, -0.05) is 6.92 Å². The maximum absolute atomic E-state index is 11.1. The molecule has 1 saturated carbocycles. The maximum Gasteiger partial charge on any atom is 0.337 e. The highest BCUT2D eigenvalue weighted by molar-refractivity contribution is 5.89. The molecule has 3 nitrogen and oxygen atoms in total. The first-order valence-electron chi connectivity index (χ1n) is 5.94. The van der Waals surface area contributed by atoms with Gasteiger partial charge >= 0.3 is 5.97 Å². The van der Waals surface area contributed by atoms with Gasteiger partial charge in [-0.15, -0.1) is 0 Å². The highest BCUT2D eigenvalue weighted by Gasteiger charge is 2.39. The topological polar surface area (TPSA) is 42.2 Å². The number of aromatic carboxylic acids is 1. The fraction of sp³-hybridized carbons (Fsp3) is 0.615. The van der Waals surface area contributed by atoms with Crippen molar-refractivity contribution in [2.24, 2.45) is 0 Å². The summed E-state index contributed by atoms with van der Waals surface area (Å²) in [4.78, 5) is 11.1. The molecule has 1 fully saturated rings. The average Bonchev–Trinajstić information content (AvgIpc) is 2.45. The molecule has 88 valence electrons. The van der Waals surface area contributed by atoms with E-state index in [-0.39, 0.29) is 5.54 Å². The summed E-state index contributed by atoms with van der Waals surface area (Å²) in [5.74, 6) is -0.815. The summed E-state index contributed by atoms with van der Waals surface area (Å²) in [6.07, 6.45) is 4.70. The van der Waals surface area contributed by atoms with Crippen LogP contribution < -0.4 is 0 Å². The second kappa shape index (κ2) is 3.65. The van der Waals surface area contributed by atoms with E-state index >= 15 is 0 Å². The Kier molecular flexibility index (Phi) is 2.56. The van der Waals surface area contributed by atoms with Crippen LogP contribution in [0.4, 0.5) is 0 Å². The monoisotopic (exact) mass is 221 g/mol. The molecule has 2 rings (SSSR count). The standard InChI is InChI=1S/C13H19NO2/c1-4-13(6-5-7-13)14-9(2)8-11(10(14)3)12(15)16/h8H,4-7H2,1-3H3,(H,15,16). The van der Waals surface area contributed by atoms with E-state index in [1.54, 1.807) is 6.07 Å². The lowest BCUT2D eigenvalue weighted by atomic mass is 9.74. The first-order valence-corrected chi connectivity index (χ1v) is 5.94. The largest absolute Gasteiger partial charge is 0.478 e. The number of hydrogen-bond acceptors (Lipinski definition) is 1. The molecule has 16 heavy (non-hydrogen) atoms. The third-order valence-electron chi connectivity index (χ3n) is 4.08. The molecular formula is C13H19NO2. The fourth-order valence-electron chi connectivity index (χ4n) is 3.03. The van der Waals surface area contributed by atoms with Crippen LogP contribution in [0.15, 0.2) is 6.07 Å². The summed E-state index contributed by atoms with van der Waals surface area (Å²) >= 11 is 0. The second-order valence-electron chi connectivity index (χ2n) is 4.86. The molecule has 0 bridgehead atoms. The average molecular weight is 221 g/mol. The molecule has 0 aromatic carbocycles. The molecule has 3 heteroatoms. The van der Waals surface area contributed by atoms with E-state index < -0.39 is 5.97 Å². The maximum atomic E-state index is 11.1. The fourth-order valence-corrected chi connectivity index (χ4v) is 3.03. The van der Waals surface area contributed by atoms with Crippen LogP contribution in [0.1, 0.15) is 54.4 Å². The minimum atomic E-state index is -0.815. The van der Waals surface area contributed by atoms with Crippen molar-refractivity contribution in [1.82, 2.24) is 4.57 Å². The molecule has 1 aliphatic carbocycles. The van der Waals surface area contributed by atoms with Gasteiger partial charge in [0, 0.05) is 16.9 Å². The van der Waals surface area contributed by atoms with E-state index in [1.165, 1.54) is 19.3 Å². The van der Waals surface area contributed by atoms with Crippen molar-refractivity contribution < 1.29 is 9.90 Å². The summed E-state index contributed by atoms with van der Waals surface area (Å²) in [7, 11) is 0. The molecule has 0 radical (unpaired) electrons. The first kappa shape index (κ1) is 11.2. The molecule has 1 aromatic rings. The van der Waals surface area contributed by atoms with Gasteiger partial charge in [0.15, 0.2) is 0 Å². The predicted octanol–water partition coefficient (Wildman–Crippen LogP) is 3.09. The Morgan fingerprint density at radius 1 is 1.50 bits per heavy atom. The Morgan fingerprint density at radius 3 is 2.44 bits per heavy atom. The van der Waals surface area contributed by atoms with Crippen molar-refractivity contribution in [3.63, 3.8) is 0 Å². The van der Waals surface area contributed by atoms with Gasteiger partial charge in [0.25, 0.3) is 0 Å². The van der Waals surface area contributed by atoms with Crippen molar-refractivity contribution in [3.8, 4) is 0 Å². The molecule has 1 N–H and O–H groups in total. The molecular weight excluding hydrogens is 202 g/mol. The van der Waals surface area contributed by atoms with Crippen LogP contribution in [0, 0.1) is 13.8 Å². The molecule has 0 saturated heterocycles. The highest BCUT2D eigenvalue weighted by Crippen LogP contribution is 2.44. The van der Waals surface area contributed by atoms with Crippen LogP contribution in [0.3, 0.4) is 0 Å². The SMILES string of the molecule is CCC1(n2c(C)cc(C(=O)O)c2C)CCC1. The third-order valence-corrected chi connectivity index (χ3v) is 4.08. The van der Waals surface area contributed by atoms with Crippen molar-refractivity contribution in [2.45, 2.75) is 52.0 Å². The number of aromatic nitrogens is 1. The molecule has 1 aromatic heterocycles. The van der Waals surface area contributed by atoms with Crippen LogP contribution in [0.5, 0.6) is 0 Å². The normalized spacial score (nSPS) is 18.2. The Hall–Kier alpha value is -1.25. The zero-order valence-electron chi connectivity index (χ0n) is 10.2. The summed E-state index contributed by atoms with van der Waals surface area (Å²) in [5.41, 5.74) is 2.64. The predicted molar refractivity (Wildman–Crippen MR) is 63.0 cm³/mol. The lowest BCUT2D eigenvalue weighted by molar-refractivity contribution is 0.0694. The summed E-state index contributed by atoms with van der Waals surface area (Å²) in [6, 6.07) is 1.80. The smallest absolute Gasteiger partial charge is 0.337 e. The number of carbonyl (C=O) groups is 1. The van der Waals surface area contributed by atoms with Crippen LogP contribution in [0.25, 0.3) is 0 Å². The molecule has 0 unspecified atom stereocenters. The molecule has 1 aliphatic rings. The van der Waals surface area contributed by atoms with E-state index in [1.807, 2.05) is 13.8 Å². The van der Waals surface area contributed by atoms with Crippen molar-refractivity contribution >= 4 is 5.97 Å². The van der Waals surface area contributed by atoms with Crippen LogP contribution in [-0.2, 0) is 5.54 Å². The minimum absolute atomic E-state index is 0.196. The van der Waals surface area contributed by atoms with Crippen LogP contribution in [0.2, 0.25) is 0 Å². The van der Waals surface area contributed by atoms with Gasteiger partial charge in [0.1, 0.15) is 0 Å². The zero-order valence-corrected chi connectivity index (χ0v) is 10.2. The molecule has 0 spiro atoms. The quantitative estimate of drug-likeness (QED) is 0.852. The third kappa shape index (κ3) is 1.38. The van der Waals surface area contributed by atoms with Crippen molar-refractivity contribution in [1.29, 1.82) is 0 Å². The van der Waals surface area contributed by atoms with Crippen LogP contribution >= 0.6 is 0 Å². The number of rotatable bonds is 3. The van der Waals surface area contributed by atoms with E-state index in [0.29, 0.717) is 5.56 Å². The van der Waals surface area contributed by atoms with Crippen molar-refractivity contribution in [3.05, 3.63) is 23.0 Å². The molecule has 1 heterocycles. The van der Waals surface area contributed by atoms with Gasteiger partial charge in [-0.2, -0.15) is 0 Å². The summed E-state index contributed by atoms with van der Waals surface area (Å²) in [6.45, 7) is 6.12. The van der Waals surface area contributed by atoms with E-state index in [4.69, 9.17) is 5.11 Å². The molecule has 0 atom stereocenters. The summed E-state index contributed by atoms with van der Waals surface area (Å²) in [5, 5.41) is 9.12. The van der Waals surface area contributed by atoms with Gasteiger partial charge in [-0.25, -0.2) is 4.79 Å². The lowest BCUT2D eigenvalue weighted by Crippen LogP contribution is -2.41. The first-order chi connectivity index (χ1) is 7.52. The lowest BCUT2D eigenvalue weighted by Gasteiger charge is -2.44. The van der Waals surface area contributed by atoms with Gasteiger partial charge < -0.3 is 9.67 Å². The second-order valence-corrected chi connectivity index (χ2v) is 4.86. The Bertz CT molecular complexity index is 422. The Labute approximate surface area is 96.1 Å². The van der Waals surface area contributed by atoms with Crippen molar-refractivity contribution in [2.75, 3.05) is 0 Å². The molecule has 0 amide bonds. The Morgan fingerprint density at radius 2 is 2.12 bits per heavy atom.